The van der Waals surface area contributed by atoms with Crippen molar-refractivity contribution in [2.75, 3.05) is 37.9 Å². The molecule has 2 aromatic heterocycles. The molecule has 2 aliphatic heterocycles. The fourth-order valence-corrected chi connectivity index (χ4v) is 3.46. The minimum Gasteiger partial charge on any atom is -0.377 e. The highest BCUT2D eigenvalue weighted by molar-refractivity contribution is 6.29. The molecular weight excluding hydrogens is 326 g/mol. The van der Waals surface area contributed by atoms with Crippen LogP contribution in [-0.2, 0) is 9.47 Å². The van der Waals surface area contributed by atoms with E-state index in [2.05, 4.69) is 29.0 Å². The van der Waals surface area contributed by atoms with Crippen molar-refractivity contribution in [3.8, 4) is 0 Å². The minimum absolute atomic E-state index is 0.291. The summed E-state index contributed by atoms with van der Waals surface area (Å²) >= 11 is 6.10. The van der Waals surface area contributed by atoms with Crippen molar-refractivity contribution in [3.05, 3.63) is 35.0 Å². The molecule has 2 aromatic rings. The van der Waals surface area contributed by atoms with E-state index in [-0.39, 0.29) is 0 Å². The summed E-state index contributed by atoms with van der Waals surface area (Å²) in [5, 5.41) is 1.51. The van der Waals surface area contributed by atoms with E-state index < -0.39 is 0 Å². The zero-order valence-electron chi connectivity index (χ0n) is 13.7. The van der Waals surface area contributed by atoms with Gasteiger partial charge in [0, 0.05) is 11.9 Å². The van der Waals surface area contributed by atoms with Crippen LogP contribution in [0.3, 0.4) is 0 Å². The van der Waals surface area contributed by atoms with Crippen molar-refractivity contribution in [1.82, 2.24) is 9.97 Å². The first-order valence-corrected chi connectivity index (χ1v) is 8.69. The lowest BCUT2D eigenvalue weighted by atomic mass is 9.98. The Morgan fingerprint density at radius 2 is 2.12 bits per heavy atom. The van der Waals surface area contributed by atoms with E-state index in [4.69, 9.17) is 26.1 Å². The Morgan fingerprint density at radius 3 is 2.92 bits per heavy atom. The number of hydrogen-bond acceptors (Lipinski definition) is 5. The van der Waals surface area contributed by atoms with Crippen LogP contribution >= 0.6 is 11.6 Å². The maximum atomic E-state index is 6.10. The molecule has 4 rings (SSSR count). The van der Waals surface area contributed by atoms with E-state index in [0.29, 0.717) is 30.1 Å². The molecule has 0 spiro atoms. The van der Waals surface area contributed by atoms with Gasteiger partial charge in [-0.15, -0.1) is 0 Å². The van der Waals surface area contributed by atoms with Gasteiger partial charge in [-0.2, -0.15) is 0 Å². The SMILES string of the molecule is CC1COCCN1c1cc(C2=CCOCC2)c2ccc(Cl)nc2n1. The quantitative estimate of drug-likeness (QED) is 0.781. The number of anilines is 1. The Hall–Kier alpha value is -1.69. The third-order valence-corrected chi connectivity index (χ3v) is 4.81. The lowest BCUT2D eigenvalue weighted by Crippen LogP contribution is -2.44. The van der Waals surface area contributed by atoms with Crippen molar-refractivity contribution in [2.45, 2.75) is 19.4 Å². The van der Waals surface area contributed by atoms with E-state index in [0.717, 1.165) is 37.4 Å². The van der Waals surface area contributed by atoms with Gasteiger partial charge in [-0.1, -0.05) is 17.7 Å². The smallest absolute Gasteiger partial charge is 0.163 e. The van der Waals surface area contributed by atoms with Crippen LogP contribution < -0.4 is 4.90 Å². The van der Waals surface area contributed by atoms with Gasteiger partial charge >= 0.3 is 0 Å². The van der Waals surface area contributed by atoms with Crippen molar-refractivity contribution < 1.29 is 9.47 Å². The molecule has 0 bridgehead atoms. The van der Waals surface area contributed by atoms with Gasteiger partial charge < -0.3 is 14.4 Å². The molecule has 0 N–H and O–H groups in total. The maximum Gasteiger partial charge on any atom is 0.163 e. The molecule has 126 valence electrons. The van der Waals surface area contributed by atoms with E-state index in [1.54, 1.807) is 0 Å². The number of rotatable bonds is 2. The Balaban J connectivity index is 1.87. The number of morpholine rings is 1. The molecule has 1 unspecified atom stereocenters. The first kappa shape index (κ1) is 15.8. The Morgan fingerprint density at radius 1 is 1.21 bits per heavy atom. The predicted molar refractivity (Wildman–Crippen MR) is 95.6 cm³/mol. The number of hydrogen-bond donors (Lipinski definition) is 0. The van der Waals surface area contributed by atoms with Crippen LogP contribution in [0.1, 0.15) is 18.9 Å². The van der Waals surface area contributed by atoms with Crippen molar-refractivity contribution in [1.29, 1.82) is 0 Å². The number of pyridine rings is 2. The zero-order chi connectivity index (χ0) is 16.5. The van der Waals surface area contributed by atoms with Gasteiger partial charge in [-0.05, 0) is 42.7 Å². The summed E-state index contributed by atoms with van der Waals surface area (Å²) in [6, 6.07) is 6.30. The van der Waals surface area contributed by atoms with Gasteiger partial charge in [0.1, 0.15) is 11.0 Å². The fraction of sp³-hybridized carbons (Fsp3) is 0.444. The van der Waals surface area contributed by atoms with Gasteiger partial charge in [0.15, 0.2) is 5.65 Å². The van der Waals surface area contributed by atoms with Crippen LogP contribution in [0.2, 0.25) is 5.15 Å². The standard InChI is InChI=1S/C18H20ClN3O2/c1-12-11-24-9-6-22(12)17-10-15(13-4-7-23-8-5-13)14-2-3-16(19)20-18(14)21-17/h2-4,10,12H,5-9,11H2,1H3. The first-order chi connectivity index (χ1) is 11.7. The third kappa shape index (κ3) is 2.99. The number of nitrogens with zero attached hydrogens (tertiary/aromatic N) is 3. The second-order valence-electron chi connectivity index (χ2n) is 6.20. The lowest BCUT2D eigenvalue weighted by Gasteiger charge is -2.34. The summed E-state index contributed by atoms with van der Waals surface area (Å²) in [5.74, 6) is 0.940. The van der Waals surface area contributed by atoms with E-state index >= 15 is 0 Å². The van der Waals surface area contributed by atoms with Crippen molar-refractivity contribution in [3.63, 3.8) is 0 Å². The second-order valence-corrected chi connectivity index (χ2v) is 6.59. The van der Waals surface area contributed by atoms with Crippen molar-refractivity contribution in [2.24, 2.45) is 0 Å². The molecule has 24 heavy (non-hydrogen) atoms. The number of aromatic nitrogens is 2. The van der Waals surface area contributed by atoms with Crippen LogP contribution in [0.15, 0.2) is 24.3 Å². The molecule has 4 heterocycles. The summed E-state index contributed by atoms with van der Waals surface area (Å²) in [6.07, 6.45) is 3.05. The third-order valence-electron chi connectivity index (χ3n) is 4.60. The average Bonchev–Trinajstić information content (AvgIpc) is 2.61. The molecule has 0 amide bonds. The monoisotopic (exact) mass is 345 g/mol. The van der Waals surface area contributed by atoms with Gasteiger partial charge in [0.2, 0.25) is 0 Å². The number of halogens is 1. The van der Waals surface area contributed by atoms with Gasteiger partial charge in [-0.25, -0.2) is 9.97 Å². The fourth-order valence-electron chi connectivity index (χ4n) is 3.32. The first-order valence-electron chi connectivity index (χ1n) is 8.31. The summed E-state index contributed by atoms with van der Waals surface area (Å²) in [7, 11) is 0. The molecule has 0 saturated carbocycles. The molecule has 2 aliphatic rings. The molecule has 1 saturated heterocycles. The highest BCUT2D eigenvalue weighted by Crippen LogP contribution is 2.32. The van der Waals surface area contributed by atoms with Crippen LogP contribution in [0.5, 0.6) is 0 Å². The average molecular weight is 346 g/mol. The topological polar surface area (TPSA) is 47.5 Å². The number of ether oxygens (including phenoxy) is 2. The molecule has 5 nitrogen and oxygen atoms in total. The summed E-state index contributed by atoms with van der Waals surface area (Å²) < 4.78 is 11.0. The lowest BCUT2D eigenvalue weighted by molar-refractivity contribution is 0.0985. The Kier molecular flexibility index (Phi) is 4.39. The highest BCUT2D eigenvalue weighted by Gasteiger charge is 2.22. The summed E-state index contributed by atoms with van der Waals surface area (Å²) in [6.45, 7) is 5.84. The van der Waals surface area contributed by atoms with Gasteiger partial charge in [0.05, 0.1) is 32.5 Å². The Labute approximate surface area is 146 Å². The van der Waals surface area contributed by atoms with Crippen molar-refractivity contribution >= 4 is 34.0 Å². The molecule has 0 aromatic carbocycles. The molecule has 1 atom stereocenters. The Bertz CT molecular complexity index is 793. The largest absolute Gasteiger partial charge is 0.377 e. The molecule has 0 aliphatic carbocycles. The maximum absolute atomic E-state index is 6.10. The van der Waals surface area contributed by atoms with Gasteiger partial charge in [0.25, 0.3) is 0 Å². The van der Waals surface area contributed by atoms with Crippen LogP contribution in [0.25, 0.3) is 16.6 Å². The zero-order valence-corrected chi connectivity index (χ0v) is 14.4. The summed E-state index contributed by atoms with van der Waals surface area (Å²) in [4.78, 5) is 11.5. The summed E-state index contributed by atoms with van der Waals surface area (Å²) in [5.41, 5.74) is 3.17. The molecular formula is C18H20ClN3O2. The highest BCUT2D eigenvalue weighted by atomic mass is 35.5. The molecule has 0 radical (unpaired) electrons. The molecule has 1 fully saturated rings. The minimum atomic E-state index is 0.291. The molecule has 6 heteroatoms. The van der Waals surface area contributed by atoms with Gasteiger partial charge in [-0.3, -0.25) is 0 Å². The normalized spacial score (nSPS) is 21.8. The predicted octanol–water partition coefficient (Wildman–Crippen LogP) is 3.31. The second kappa shape index (κ2) is 6.67. The van der Waals surface area contributed by atoms with Crippen LogP contribution in [0, 0.1) is 0 Å². The number of fused-ring (bicyclic) bond motifs is 1. The van der Waals surface area contributed by atoms with E-state index in [1.165, 1.54) is 11.1 Å². The van der Waals surface area contributed by atoms with E-state index in [1.807, 2.05) is 12.1 Å². The van der Waals surface area contributed by atoms with Crippen LogP contribution in [-0.4, -0.2) is 49.0 Å². The van der Waals surface area contributed by atoms with Crippen LogP contribution in [0.4, 0.5) is 5.82 Å². The van der Waals surface area contributed by atoms with E-state index in [9.17, 15) is 0 Å².